The number of sulfonamides is 1. The summed E-state index contributed by atoms with van der Waals surface area (Å²) in [7, 11) is -3.40. The van der Waals surface area contributed by atoms with E-state index in [1.54, 1.807) is 12.3 Å². The molecule has 0 spiro atoms. The molecule has 2 N–H and O–H groups in total. The monoisotopic (exact) mass is 330 g/mol. The maximum absolute atomic E-state index is 12.2. The second-order valence-electron chi connectivity index (χ2n) is 5.09. The van der Waals surface area contributed by atoms with Gasteiger partial charge in [-0.3, -0.25) is 0 Å². The molecule has 1 aromatic heterocycles. The zero-order valence-corrected chi connectivity index (χ0v) is 14.0. The van der Waals surface area contributed by atoms with Gasteiger partial charge < -0.3 is 10.1 Å². The molecule has 1 unspecified atom stereocenters. The van der Waals surface area contributed by atoms with Gasteiger partial charge in [0.15, 0.2) is 0 Å². The van der Waals surface area contributed by atoms with Crippen molar-refractivity contribution >= 4 is 21.4 Å². The molecular formula is C14H22N2O3S2. The van der Waals surface area contributed by atoms with E-state index in [0.717, 1.165) is 29.1 Å². The highest BCUT2D eigenvalue weighted by Crippen LogP contribution is 2.24. The minimum atomic E-state index is -3.40. The highest BCUT2D eigenvalue weighted by Gasteiger charge is 2.18. The zero-order valence-electron chi connectivity index (χ0n) is 12.4. The van der Waals surface area contributed by atoms with Crippen molar-refractivity contribution in [1.29, 1.82) is 0 Å². The molecule has 0 aliphatic carbocycles. The van der Waals surface area contributed by atoms with Gasteiger partial charge in [0.1, 0.15) is 6.10 Å². The van der Waals surface area contributed by atoms with Crippen LogP contribution in [-0.4, -0.2) is 34.2 Å². The number of thiophene rings is 1. The summed E-state index contributed by atoms with van der Waals surface area (Å²) in [4.78, 5) is 2.23. The van der Waals surface area contributed by atoms with Crippen molar-refractivity contribution in [3.8, 4) is 0 Å². The Morgan fingerprint density at radius 2 is 2.19 bits per heavy atom. The van der Waals surface area contributed by atoms with Crippen molar-refractivity contribution in [3.05, 3.63) is 28.2 Å². The molecule has 1 aromatic rings. The lowest BCUT2D eigenvalue weighted by Crippen LogP contribution is -2.36. The average molecular weight is 330 g/mol. The van der Waals surface area contributed by atoms with Gasteiger partial charge in [-0.1, -0.05) is 0 Å². The lowest BCUT2D eigenvalue weighted by atomic mass is 10.1. The Hall–Kier alpha value is -0.890. The number of hydrogen-bond acceptors (Lipinski definition) is 5. The fourth-order valence-electron chi connectivity index (χ4n) is 2.22. The van der Waals surface area contributed by atoms with E-state index in [2.05, 4.69) is 10.0 Å². The molecule has 1 atom stereocenters. The van der Waals surface area contributed by atoms with Gasteiger partial charge in [-0.05, 0) is 38.8 Å². The Morgan fingerprint density at radius 1 is 1.38 bits per heavy atom. The lowest BCUT2D eigenvalue weighted by molar-refractivity contribution is 0.123. The molecule has 0 radical (unpaired) electrons. The number of nitrogens with one attached hydrogen (secondary N) is 2. The first-order valence-electron chi connectivity index (χ1n) is 7.07. The van der Waals surface area contributed by atoms with Gasteiger partial charge in [-0.2, -0.15) is 0 Å². The highest BCUT2D eigenvalue weighted by atomic mass is 32.2. The van der Waals surface area contributed by atoms with E-state index in [4.69, 9.17) is 4.74 Å². The van der Waals surface area contributed by atoms with Crippen molar-refractivity contribution < 1.29 is 13.2 Å². The van der Waals surface area contributed by atoms with Gasteiger partial charge in [0.05, 0.1) is 11.2 Å². The van der Waals surface area contributed by atoms with E-state index in [1.807, 2.05) is 19.9 Å². The largest absolute Gasteiger partial charge is 0.497 e. The zero-order chi connectivity index (χ0) is 15.3. The summed E-state index contributed by atoms with van der Waals surface area (Å²) in [5.74, 6) is 0. The quantitative estimate of drug-likeness (QED) is 0.750. The normalized spacial score (nSPS) is 18.7. The van der Waals surface area contributed by atoms with E-state index >= 15 is 0 Å². The van der Waals surface area contributed by atoms with Gasteiger partial charge in [-0.15, -0.1) is 11.3 Å². The van der Waals surface area contributed by atoms with Crippen molar-refractivity contribution in [1.82, 2.24) is 10.0 Å². The molecule has 0 fully saturated rings. The second-order valence-corrected chi connectivity index (χ2v) is 8.28. The first-order chi connectivity index (χ1) is 9.99. The fraction of sp³-hybridized carbons (Fsp3) is 0.571. The number of aryl methyl sites for hydroxylation is 2. The number of rotatable bonds is 7. The minimum Gasteiger partial charge on any atom is -0.497 e. The van der Waals surface area contributed by atoms with Crippen LogP contribution in [-0.2, 0) is 14.8 Å². The maximum atomic E-state index is 12.2. The molecule has 5 nitrogen and oxygen atoms in total. The summed E-state index contributed by atoms with van der Waals surface area (Å²) in [6, 6.07) is 1.72. The maximum Gasteiger partial charge on any atom is 0.241 e. The molecule has 0 aromatic carbocycles. The van der Waals surface area contributed by atoms with Gasteiger partial charge in [0, 0.05) is 29.4 Å². The first kappa shape index (κ1) is 16.5. The van der Waals surface area contributed by atoms with Crippen LogP contribution in [0.3, 0.4) is 0 Å². The SMILES string of the molecule is Cc1cc(S(=O)(=O)NCCNCC2CCC=CO2)c(C)s1. The predicted octanol–water partition coefficient (Wildman–Crippen LogP) is 1.93. The number of allylic oxidation sites excluding steroid dienone is 1. The van der Waals surface area contributed by atoms with Crippen molar-refractivity contribution in [3.63, 3.8) is 0 Å². The van der Waals surface area contributed by atoms with E-state index in [1.165, 1.54) is 11.3 Å². The summed E-state index contributed by atoms with van der Waals surface area (Å²) < 4.78 is 32.4. The summed E-state index contributed by atoms with van der Waals surface area (Å²) in [5, 5.41) is 3.22. The van der Waals surface area contributed by atoms with Crippen LogP contribution in [0.5, 0.6) is 0 Å². The molecule has 0 amide bonds. The van der Waals surface area contributed by atoms with Gasteiger partial charge >= 0.3 is 0 Å². The smallest absolute Gasteiger partial charge is 0.241 e. The third kappa shape index (κ3) is 4.81. The first-order valence-corrected chi connectivity index (χ1v) is 9.37. The van der Waals surface area contributed by atoms with Crippen LogP contribution >= 0.6 is 11.3 Å². The molecular weight excluding hydrogens is 308 g/mol. The van der Waals surface area contributed by atoms with E-state index < -0.39 is 10.0 Å². The predicted molar refractivity (Wildman–Crippen MR) is 85.1 cm³/mol. The molecule has 0 bridgehead atoms. The molecule has 0 saturated heterocycles. The van der Waals surface area contributed by atoms with Crippen molar-refractivity contribution in [2.24, 2.45) is 0 Å². The summed E-state index contributed by atoms with van der Waals surface area (Å²) in [6.07, 6.45) is 5.97. The van der Waals surface area contributed by atoms with Crippen LogP contribution < -0.4 is 10.0 Å². The van der Waals surface area contributed by atoms with Gasteiger partial charge in [-0.25, -0.2) is 13.1 Å². The molecule has 7 heteroatoms. The third-order valence-electron chi connectivity index (χ3n) is 3.27. The minimum absolute atomic E-state index is 0.188. The van der Waals surface area contributed by atoms with E-state index in [-0.39, 0.29) is 6.10 Å². The molecule has 118 valence electrons. The fourth-order valence-corrected chi connectivity index (χ4v) is 4.81. The molecule has 1 aliphatic rings. The number of hydrogen-bond donors (Lipinski definition) is 2. The van der Waals surface area contributed by atoms with Crippen LogP contribution in [0.25, 0.3) is 0 Å². The van der Waals surface area contributed by atoms with Crippen LogP contribution in [0.15, 0.2) is 23.3 Å². The van der Waals surface area contributed by atoms with Crippen LogP contribution in [0.1, 0.15) is 22.6 Å². The van der Waals surface area contributed by atoms with Crippen LogP contribution in [0, 0.1) is 13.8 Å². The topological polar surface area (TPSA) is 67.4 Å². The van der Waals surface area contributed by atoms with Gasteiger partial charge in [0.2, 0.25) is 10.0 Å². The average Bonchev–Trinajstić information content (AvgIpc) is 2.79. The van der Waals surface area contributed by atoms with Crippen LogP contribution in [0.4, 0.5) is 0 Å². The lowest BCUT2D eigenvalue weighted by Gasteiger charge is -2.19. The van der Waals surface area contributed by atoms with Crippen LogP contribution in [0.2, 0.25) is 0 Å². The highest BCUT2D eigenvalue weighted by molar-refractivity contribution is 7.89. The molecule has 2 rings (SSSR count). The number of ether oxygens (including phenoxy) is 1. The van der Waals surface area contributed by atoms with Crippen molar-refractivity contribution in [2.45, 2.75) is 37.7 Å². The Kier molecular flexibility index (Phi) is 5.80. The Morgan fingerprint density at radius 3 is 2.81 bits per heavy atom. The Balaban J connectivity index is 1.72. The second kappa shape index (κ2) is 7.40. The molecule has 21 heavy (non-hydrogen) atoms. The van der Waals surface area contributed by atoms with E-state index in [0.29, 0.717) is 18.0 Å². The standard InChI is InChI=1S/C14H22N2O3S2/c1-11-9-14(12(2)20-11)21(17,18)16-7-6-15-10-13-5-3-4-8-19-13/h4,8-9,13,15-16H,3,5-7,10H2,1-2H3. The van der Waals surface area contributed by atoms with Crippen molar-refractivity contribution in [2.75, 3.05) is 19.6 Å². The third-order valence-corrected chi connectivity index (χ3v) is 5.96. The summed E-state index contributed by atoms with van der Waals surface area (Å²) in [5.41, 5.74) is 0. The molecule has 0 saturated carbocycles. The van der Waals surface area contributed by atoms with Gasteiger partial charge in [0.25, 0.3) is 0 Å². The molecule has 1 aliphatic heterocycles. The Bertz CT molecular complexity index is 593. The summed E-state index contributed by atoms with van der Waals surface area (Å²) >= 11 is 1.50. The Labute approximate surface area is 130 Å². The summed E-state index contributed by atoms with van der Waals surface area (Å²) in [6.45, 7) is 5.45. The van der Waals surface area contributed by atoms with E-state index in [9.17, 15) is 8.42 Å². The molecule has 2 heterocycles.